The van der Waals surface area contributed by atoms with Gasteiger partial charge in [-0.1, -0.05) is 169 Å². The van der Waals surface area contributed by atoms with E-state index >= 15 is 0 Å². The van der Waals surface area contributed by atoms with Crippen LogP contribution in [0.5, 0.6) is 0 Å². The first-order valence-electron chi connectivity index (χ1n) is 25.3. The number of hydrogen-bond acceptors (Lipinski definition) is 4. The number of furan rings is 1. The van der Waals surface area contributed by atoms with Crippen molar-refractivity contribution in [3.05, 3.63) is 204 Å². The van der Waals surface area contributed by atoms with Gasteiger partial charge < -0.3 is 9.73 Å². The first kappa shape index (κ1) is 44.7. The second-order valence-electron chi connectivity index (χ2n) is 22.0. The highest BCUT2D eigenvalue weighted by Gasteiger charge is 2.32. The lowest BCUT2D eigenvalue weighted by molar-refractivity contribution is 0.590. The fourth-order valence-electron chi connectivity index (χ4n) is 11.4. The zero-order valence-corrected chi connectivity index (χ0v) is 43.8. The summed E-state index contributed by atoms with van der Waals surface area (Å²) in [5, 5.41) is 10.2. The van der Waals surface area contributed by atoms with Gasteiger partial charge in [0.05, 0.1) is 5.69 Å². The summed E-state index contributed by atoms with van der Waals surface area (Å²) in [6, 6.07) is 65.8. The number of hydrogen-bond donors (Lipinski definition) is 1. The van der Waals surface area contributed by atoms with E-state index in [0.29, 0.717) is 0 Å². The summed E-state index contributed by atoms with van der Waals surface area (Å²) in [7, 11) is 2.51. The molecule has 1 N–H and O–H groups in total. The van der Waals surface area contributed by atoms with Crippen molar-refractivity contribution in [3.63, 3.8) is 0 Å². The molecular weight excluding hydrogens is 910 g/mol. The molecule has 0 amide bonds. The summed E-state index contributed by atoms with van der Waals surface area (Å²) < 4.78 is 10.7. The molecule has 349 valence electrons. The first-order chi connectivity index (χ1) is 34.7. The number of fused-ring (bicyclic) bond motifs is 9. The molecule has 72 heavy (non-hydrogen) atoms. The molecule has 1 atom stereocenters. The Morgan fingerprint density at radius 2 is 1.17 bits per heavy atom. The molecule has 0 saturated heterocycles. The normalized spacial score (nSPS) is 13.8. The molecule has 2 nitrogen and oxygen atoms in total. The van der Waals surface area contributed by atoms with Crippen LogP contribution in [0.15, 0.2) is 180 Å². The van der Waals surface area contributed by atoms with Crippen molar-refractivity contribution in [2.24, 2.45) is 0 Å². The molecule has 0 saturated carbocycles. The third-order valence-corrected chi connectivity index (χ3v) is 17.6. The molecule has 9 aromatic carbocycles. The van der Waals surface area contributed by atoms with Crippen LogP contribution in [0.2, 0.25) is 0 Å². The Labute approximate surface area is 431 Å². The van der Waals surface area contributed by atoms with Crippen molar-refractivity contribution in [2.45, 2.75) is 72.1 Å². The van der Waals surface area contributed by atoms with Gasteiger partial charge in [-0.3, -0.25) is 0 Å². The minimum atomic E-state index is -0.0105. The Morgan fingerprint density at radius 3 is 1.92 bits per heavy atom. The van der Waals surface area contributed by atoms with Crippen LogP contribution in [0, 0.1) is 6.92 Å². The Bertz CT molecular complexity index is 4120. The summed E-state index contributed by atoms with van der Waals surface area (Å²) in [5.41, 5.74) is 21.7. The van der Waals surface area contributed by atoms with Crippen LogP contribution in [0.3, 0.4) is 0 Å². The van der Waals surface area contributed by atoms with Gasteiger partial charge in [-0.15, -0.1) is 22.7 Å². The van der Waals surface area contributed by atoms with Gasteiger partial charge in [0.15, 0.2) is 7.28 Å². The third-order valence-electron chi connectivity index (χ3n) is 15.3. The SMILES string of the molecule is Cc1cc2c(cc1-c1ccc(-c3cc4c(cc3Nc3ccc(C(C)(C)C)cc3)oc3ccc(C(C)(C)C)cc34)c3c1C(C)c1cc4c(-c5ccccc5)c(-c5ccccc5)sc4cc1[B]3)sc1ccccc12. The van der Waals surface area contributed by atoms with Crippen LogP contribution in [-0.2, 0) is 10.8 Å². The molecule has 0 bridgehead atoms. The molecule has 5 heteroatoms. The van der Waals surface area contributed by atoms with Crippen LogP contribution in [0.25, 0.3) is 96.0 Å². The van der Waals surface area contributed by atoms with Gasteiger partial charge in [-0.05, 0) is 134 Å². The van der Waals surface area contributed by atoms with Crippen LogP contribution in [-0.4, -0.2) is 7.28 Å². The van der Waals surface area contributed by atoms with E-state index < -0.39 is 0 Å². The zero-order chi connectivity index (χ0) is 49.2. The highest BCUT2D eigenvalue weighted by atomic mass is 32.1. The van der Waals surface area contributed by atoms with Gasteiger partial charge >= 0.3 is 0 Å². The van der Waals surface area contributed by atoms with Gasteiger partial charge in [-0.2, -0.15) is 0 Å². The maximum atomic E-state index is 6.75. The summed E-state index contributed by atoms with van der Waals surface area (Å²) in [6.07, 6.45) is 0. The summed E-state index contributed by atoms with van der Waals surface area (Å²) in [4.78, 5) is 1.31. The number of anilines is 2. The summed E-state index contributed by atoms with van der Waals surface area (Å²) in [5.74, 6) is 0.0785. The monoisotopic (exact) mass is 964 g/mol. The number of rotatable bonds is 6. The Kier molecular flexibility index (Phi) is 10.4. The predicted molar refractivity (Wildman–Crippen MR) is 315 cm³/mol. The highest BCUT2D eigenvalue weighted by Crippen LogP contribution is 2.49. The minimum Gasteiger partial charge on any atom is -0.456 e. The molecule has 0 fully saturated rings. The number of benzene rings is 9. The molecule has 1 aliphatic rings. The van der Waals surface area contributed by atoms with Crippen LogP contribution < -0.4 is 16.2 Å². The summed E-state index contributed by atoms with van der Waals surface area (Å²) in [6.45, 7) is 18.4. The molecule has 0 aliphatic carbocycles. The van der Waals surface area contributed by atoms with E-state index in [1.54, 1.807) is 0 Å². The molecule has 1 aliphatic heterocycles. The molecule has 12 aromatic rings. The average molecular weight is 965 g/mol. The lowest BCUT2D eigenvalue weighted by Gasteiger charge is -2.31. The minimum absolute atomic E-state index is 0.0105. The predicted octanol–water partition coefficient (Wildman–Crippen LogP) is 18.6. The number of thiophene rings is 2. The largest absolute Gasteiger partial charge is 0.456 e. The van der Waals surface area contributed by atoms with Crippen LogP contribution >= 0.6 is 22.7 Å². The zero-order valence-electron chi connectivity index (χ0n) is 42.1. The van der Waals surface area contributed by atoms with E-state index in [2.05, 4.69) is 244 Å². The Balaban J connectivity index is 1.07. The van der Waals surface area contributed by atoms with Crippen molar-refractivity contribution in [1.82, 2.24) is 0 Å². The standard InChI is InChI=1S/C67H55BNOS2/c1-38-31-53-45-21-15-16-22-59(45)71-60(53)35-48(38)46-28-29-47(50-34-52-51-32-43(67(6,7)8)25-30-57(51)70-58(52)37-56(50)69-44-26-23-42(24-27-44)66(3,4)5)64-62(46)39(2)49-33-54-61(36-55(49)68-64)72-65(41-19-13-10-14-20-41)63(54)40-17-11-9-12-18-40/h9-37,39,69H,1-8H3. The molecule has 1 unspecified atom stereocenters. The van der Waals surface area contributed by atoms with Crippen molar-refractivity contribution >= 4 is 104 Å². The Morgan fingerprint density at radius 1 is 0.500 bits per heavy atom. The van der Waals surface area contributed by atoms with E-state index in [-0.39, 0.29) is 16.7 Å². The highest BCUT2D eigenvalue weighted by molar-refractivity contribution is 7.25. The van der Waals surface area contributed by atoms with E-state index in [9.17, 15) is 0 Å². The topological polar surface area (TPSA) is 25.2 Å². The second-order valence-corrected chi connectivity index (χ2v) is 24.2. The van der Waals surface area contributed by atoms with Crippen molar-refractivity contribution in [1.29, 1.82) is 0 Å². The van der Waals surface area contributed by atoms with Crippen molar-refractivity contribution in [3.8, 4) is 43.8 Å². The van der Waals surface area contributed by atoms with Gasteiger partial charge in [-0.25, -0.2) is 0 Å². The summed E-state index contributed by atoms with van der Waals surface area (Å²) >= 11 is 3.80. The molecule has 4 heterocycles. The molecule has 13 rings (SSSR count). The molecule has 3 aromatic heterocycles. The number of aryl methyl sites for hydroxylation is 1. The second kappa shape index (κ2) is 16.7. The van der Waals surface area contributed by atoms with Gasteiger partial charge in [0.1, 0.15) is 11.2 Å². The molecular formula is C67H55BNOS2. The van der Waals surface area contributed by atoms with Crippen molar-refractivity contribution in [2.75, 3.05) is 5.32 Å². The van der Waals surface area contributed by atoms with Crippen LogP contribution in [0.4, 0.5) is 11.4 Å². The maximum Gasteiger partial charge on any atom is 0.193 e. The fraction of sp³-hybridized carbons (Fsp3) is 0.164. The molecule has 1 radical (unpaired) electrons. The van der Waals surface area contributed by atoms with Gasteiger partial charge in [0, 0.05) is 74.7 Å². The number of nitrogens with one attached hydrogen (secondary N) is 1. The van der Waals surface area contributed by atoms with E-state index in [0.717, 1.165) is 38.9 Å². The van der Waals surface area contributed by atoms with E-state index in [1.807, 2.05) is 22.7 Å². The third kappa shape index (κ3) is 7.43. The van der Waals surface area contributed by atoms with Crippen LogP contribution in [0.1, 0.15) is 82.2 Å². The fourth-order valence-corrected chi connectivity index (χ4v) is 13.8. The van der Waals surface area contributed by atoms with E-state index in [4.69, 9.17) is 4.42 Å². The quantitative estimate of drug-likeness (QED) is 0.168. The lowest BCUT2D eigenvalue weighted by atomic mass is 9.52. The Hall–Kier alpha value is -7.18. The van der Waals surface area contributed by atoms with E-state index in [1.165, 1.54) is 107 Å². The molecule has 0 spiro atoms. The van der Waals surface area contributed by atoms with Gasteiger partial charge in [0.2, 0.25) is 0 Å². The maximum absolute atomic E-state index is 6.75. The van der Waals surface area contributed by atoms with Gasteiger partial charge in [0.25, 0.3) is 0 Å². The van der Waals surface area contributed by atoms with Crippen molar-refractivity contribution < 1.29 is 4.42 Å². The first-order valence-corrected chi connectivity index (χ1v) is 26.9. The average Bonchev–Trinajstić information content (AvgIpc) is 4.05. The lowest BCUT2D eigenvalue weighted by Crippen LogP contribution is -2.40. The smallest absolute Gasteiger partial charge is 0.193 e.